The minimum atomic E-state index is -3.67. The molecule has 86 valence electrons. The van der Waals surface area contributed by atoms with Crippen molar-refractivity contribution >= 4 is 23.1 Å². The van der Waals surface area contributed by atoms with Crippen molar-refractivity contribution in [1.82, 2.24) is 0 Å². The summed E-state index contributed by atoms with van der Waals surface area (Å²) < 4.78 is 38.6. The molecule has 16 heavy (non-hydrogen) atoms. The fourth-order valence-electron chi connectivity index (χ4n) is 1.10. The van der Waals surface area contributed by atoms with Gasteiger partial charge in [0.1, 0.15) is 5.40 Å². The molecule has 0 aliphatic rings. The van der Waals surface area contributed by atoms with Gasteiger partial charge < -0.3 is 11.5 Å². The Balaban J connectivity index is 3.36. The van der Waals surface area contributed by atoms with Gasteiger partial charge in [-0.1, -0.05) is 0 Å². The van der Waals surface area contributed by atoms with E-state index in [1.807, 2.05) is 0 Å². The summed E-state index contributed by atoms with van der Waals surface area (Å²) in [5.74, 6) is -3.67. The molecule has 0 heterocycles. The summed E-state index contributed by atoms with van der Waals surface area (Å²) in [5, 5.41) is 10.1. The minimum absolute atomic E-state index is 0.0644. The van der Waals surface area contributed by atoms with E-state index in [2.05, 4.69) is 0 Å². The van der Waals surface area contributed by atoms with Gasteiger partial charge in [-0.15, -0.1) is 0 Å². The first kappa shape index (κ1) is 12.5. The fraction of sp³-hybridized carbons (Fsp3) is 0.222. The Bertz CT molecular complexity index is 442. The molecule has 0 aromatic heterocycles. The first-order chi connectivity index (χ1) is 7.42. The Hall–Kier alpha value is -1.55. The molecule has 0 spiro atoms. The zero-order valence-corrected chi connectivity index (χ0v) is 8.82. The molecule has 1 aromatic rings. The van der Waals surface area contributed by atoms with Gasteiger partial charge in [0.2, 0.25) is 0 Å². The van der Waals surface area contributed by atoms with Gasteiger partial charge in [0.15, 0.2) is 6.67 Å². The highest BCUT2D eigenvalue weighted by Gasteiger charge is 2.35. The highest BCUT2D eigenvalue weighted by Crippen LogP contribution is 2.38. The van der Waals surface area contributed by atoms with Gasteiger partial charge in [0, 0.05) is 10.5 Å². The van der Waals surface area contributed by atoms with Gasteiger partial charge in [-0.05, 0) is 23.9 Å². The number of benzene rings is 1. The van der Waals surface area contributed by atoms with Crippen LogP contribution in [-0.4, -0.2) is 6.67 Å². The smallest absolute Gasteiger partial charge is 0.302 e. The summed E-state index contributed by atoms with van der Waals surface area (Å²) in [6, 6.07) is 2.04. The molecule has 0 bridgehead atoms. The second-order valence-corrected chi connectivity index (χ2v) is 3.84. The number of nitrogen functional groups attached to an aromatic ring is 2. The van der Waals surface area contributed by atoms with Crippen molar-refractivity contribution in [2.45, 2.75) is 10.8 Å². The van der Waals surface area contributed by atoms with E-state index in [1.165, 1.54) is 0 Å². The van der Waals surface area contributed by atoms with Gasteiger partial charge in [-0.25, -0.2) is 4.39 Å². The molecule has 0 radical (unpaired) electrons. The van der Waals surface area contributed by atoms with Gasteiger partial charge >= 0.3 is 5.92 Å². The summed E-state index contributed by atoms with van der Waals surface area (Å²) in [4.78, 5) is -0.0862. The molecule has 0 unspecified atom stereocenters. The molecule has 1 rings (SSSR count). The molecular formula is C9H8F3N3S. The van der Waals surface area contributed by atoms with Crippen LogP contribution >= 0.6 is 11.8 Å². The van der Waals surface area contributed by atoms with Crippen LogP contribution in [0.2, 0.25) is 0 Å². The number of hydrogen-bond acceptors (Lipinski definition) is 4. The minimum Gasteiger partial charge on any atom is -0.397 e. The zero-order chi connectivity index (χ0) is 12.3. The molecule has 0 amide bonds. The number of alkyl halides is 3. The Morgan fingerprint density at radius 2 is 1.88 bits per heavy atom. The number of nitrogens with two attached hydrogens (primary N) is 2. The molecule has 0 saturated heterocycles. The van der Waals surface area contributed by atoms with Crippen LogP contribution in [0.3, 0.4) is 0 Å². The molecule has 4 N–H and O–H groups in total. The molecule has 0 fully saturated rings. The number of halogens is 3. The number of nitrogens with zero attached hydrogens (tertiary/aromatic N) is 1. The van der Waals surface area contributed by atoms with Gasteiger partial charge in [-0.2, -0.15) is 14.0 Å². The van der Waals surface area contributed by atoms with Crippen molar-refractivity contribution in [3.63, 3.8) is 0 Å². The SMILES string of the molecule is N#CSc1cc(N)c(N)cc1C(F)(F)CF. The second-order valence-electron chi connectivity index (χ2n) is 3.01. The van der Waals surface area contributed by atoms with Crippen LogP contribution in [0.25, 0.3) is 0 Å². The van der Waals surface area contributed by atoms with E-state index in [4.69, 9.17) is 16.7 Å². The van der Waals surface area contributed by atoms with Crippen LogP contribution in [0.15, 0.2) is 17.0 Å². The Kier molecular flexibility index (Phi) is 3.55. The van der Waals surface area contributed by atoms with Gasteiger partial charge in [0.05, 0.1) is 11.4 Å². The van der Waals surface area contributed by atoms with E-state index in [-0.39, 0.29) is 16.3 Å². The van der Waals surface area contributed by atoms with Crippen LogP contribution < -0.4 is 11.5 Å². The monoisotopic (exact) mass is 247 g/mol. The maximum absolute atomic E-state index is 13.2. The van der Waals surface area contributed by atoms with Crippen LogP contribution in [0.5, 0.6) is 0 Å². The quantitative estimate of drug-likeness (QED) is 0.488. The normalized spacial score (nSPS) is 11.1. The molecule has 1 aromatic carbocycles. The summed E-state index contributed by atoms with van der Waals surface area (Å²) >= 11 is 0.490. The van der Waals surface area contributed by atoms with Crippen molar-refractivity contribution < 1.29 is 13.2 Å². The van der Waals surface area contributed by atoms with Crippen molar-refractivity contribution in [1.29, 1.82) is 5.26 Å². The maximum atomic E-state index is 13.2. The number of nitriles is 1. The third-order valence-corrected chi connectivity index (χ3v) is 2.55. The predicted octanol–water partition coefficient (Wildman–Crippen LogP) is 2.49. The van der Waals surface area contributed by atoms with Crippen LogP contribution in [0.4, 0.5) is 24.5 Å². The molecule has 3 nitrogen and oxygen atoms in total. The summed E-state index contributed by atoms with van der Waals surface area (Å²) in [7, 11) is 0. The largest absolute Gasteiger partial charge is 0.397 e. The number of rotatable bonds is 3. The number of thiocyanates is 1. The molecule has 7 heteroatoms. The lowest BCUT2D eigenvalue weighted by molar-refractivity contribution is -0.0304. The van der Waals surface area contributed by atoms with E-state index in [0.717, 1.165) is 12.1 Å². The standard InChI is InChI=1S/C9H8F3N3S/c10-3-9(11,12)5-1-6(14)7(15)2-8(5)16-4-13/h1-2H,3,14-15H2. The fourth-order valence-corrected chi connectivity index (χ4v) is 1.71. The summed E-state index contributed by atoms with van der Waals surface area (Å²) in [6.07, 6.45) is 0. The molecule has 0 aliphatic carbocycles. The van der Waals surface area contributed by atoms with E-state index >= 15 is 0 Å². The van der Waals surface area contributed by atoms with Crippen molar-refractivity contribution in [2.24, 2.45) is 0 Å². The summed E-state index contributed by atoms with van der Waals surface area (Å²) in [5.41, 5.74) is 10.2. The van der Waals surface area contributed by atoms with E-state index in [1.54, 1.807) is 5.40 Å². The first-order valence-corrected chi connectivity index (χ1v) is 4.93. The van der Waals surface area contributed by atoms with E-state index in [9.17, 15) is 13.2 Å². The number of anilines is 2. The average molecular weight is 247 g/mol. The zero-order valence-electron chi connectivity index (χ0n) is 8.01. The average Bonchev–Trinajstić information content (AvgIpc) is 2.23. The lowest BCUT2D eigenvalue weighted by Gasteiger charge is -2.16. The first-order valence-electron chi connectivity index (χ1n) is 4.11. The lowest BCUT2D eigenvalue weighted by Crippen LogP contribution is -2.17. The maximum Gasteiger partial charge on any atom is 0.302 e. The predicted molar refractivity (Wildman–Crippen MR) is 56.6 cm³/mol. The molecule has 0 aliphatic heterocycles. The highest BCUT2D eigenvalue weighted by atomic mass is 32.2. The Morgan fingerprint density at radius 1 is 1.31 bits per heavy atom. The van der Waals surface area contributed by atoms with E-state index < -0.39 is 18.2 Å². The Morgan fingerprint density at radius 3 is 2.38 bits per heavy atom. The third kappa shape index (κ3) is 2.33. The van der Waals surface area contributed by atoms with Crippen LogP contribution in [-0.2, 0) is 5.92 Å². The number of thioether (sulfide) groups is 1. The molecule has 0 saturated carbocycles. The molecular weight excluding hydrogens is 239 g/mol. The third-order valence-electron chi connectivity index (χ3n) is 1.90. The van der Waals surface area contributed by atoms with Crippen molar-refractivity contribution in [3.8, 4) is 5.40 Å². The van der Waals surface area contributed by atoms with Crippen LogP contribution in [0.1, 0.15) is 5.56 Å². The highest BCUT2D eigenvalue weighted by molar-refractivity contribution is 8.03. The molecule has 0 atom stereocenters. The Labute approximate surface area is 94.2 Å². The van der Waals surface area contributed by atoms with Crippen LogP contribution in [0, 0.1) is 10.7 Å². The summed E-state index contributed by atoms with van der Waals surface area (Å²) in [6.45, 7) is -1.85. The van der Waals surface area contributed by atoms with Crippen molar-refractivity contribution in [3.05, 3.63) is 17.7 Å². The topological polar surface area (TPSA) is 75.8 Å². The van der Waals surface area contributed by atoms with Gasteiger partial charge in [-0.3, -0.25) is 0 Å². The van der Waals surface area contributed by atoms with Gasteiger partial charge in [0.25, 0.3) is 0 Å². The lowest BCUT2D eigenvalue weighted by atomic mass is 10.1. The number of hydrogen-bond donors (Lipinski definition) is 2. The van der Waals surface area contributed by atoms with E-state index in [0.29, 0.717) is 11.8 Å². The second kappa shape index (κ2) is 4.53. The van der Waals surface area contributed by atoms with Crippen molar-refractivity contribution in [2.75, 3.05) is 18.1 Å².